The van der Waals surface area contributed by atoms with Gasteiger partial charge < -0.3 is 15.3 Å². The Labute approximate surface area is 120 Å². The molecule has 0 bridgehead atoms. The molecule has 0 aromatic rings. The molecule has 0 heterocycles. The van der Waals surface area contributed by atoms with E-state index in [1.54, 1.807) is 0 Å². The number of rotatable bonds is 8. The number of hydrogen-bond donors (Lipinski definition) is 2. The zero-order valence-corrected chi connectivity index (χ0v) is 13.2. The highest BCUT2D eigenvalue weighted by Gasteiger charge is 2.25. The Balaban J connectivity index is 4.73. The number of nitrogens with zero attached hydrogens (tertiary/aromatic N) is 1. The van der Waals surface area contributed by atoms with Crippen LogP contribution in [0.25, 0.3) is 0 Å². The van der Waals surface area contributed by atoms with Crippen molar-refractivity contribution in [3.05, 3.63) is 0 Å². The van der Waals surface area contributed by atoms with Gasteiger partial charge in [0.15, 0.2) is 0 Å². The van der Waals surface area contributed by atoms with Gasteiger partial charge in [0.2, 0.25) is 0 Å². The van der Waals surface area contributed by atoms with E-state index in [4.69, 9.17) is 5.11 Å². The first-order valence-electron chi connectivity index (χ1n) is 6.56. The van der Waals surface area contributed by atoms with Crippen LogP contribution in [0.3, 0.4) is 0 Å². The number of carboxylic acid groups (broad SMARTS) is 1. The second-order valence-corrected chi connectivity index (χ2v) is 7.31. The standard InChI is InChI=1S/C12H24N2O5S/c1-5-7-14(9(2)3)12(17)13-10(11(15)16)6-8-20(4,18)19/h9-10H,5-8H2,1-4H3,(H,13,17)(H,15,16). The fraction of sp³-hybridized carbons (Fsp3) is 0.833. The molecule has 0 saturated heterocycles. The van der Waals surface area contributed by atoms with E-state index in [1.165, 1.54) is 4.90 Å². The minimum atomic E-state index is -3.26. The minimum Gasteiger partial charge on any atom is -0.480 e. The van der Waals surface area contributed by atoms with Gasteiger partial charge in [0.1, 0.15) is 15.9 Å². The van der Waals surface area contributed by atoms with Gasteiger partial charge in [0.25, 0.3) is 0 Å². The summed E-state index contributed by atoms with van der Waals surface area (Å²) in [5, 5.41) is 11.4. The third-order valence-corrected chi connectivity index (χ3v) is 3.70. The van der Waals surface area contributed by atoms with Crippen molar-refractivity contribution in [2.75, 3.05) is 18.6 Å². The van der Waals surface area contributed by atoms with Crippen LogP contribution >= 0.6 is 0 Å². The molecule has 1 atom stereocenters. The van der Waals surface area contributed by atoms with Crippen LogP contribution in [0, 0.1) is 0 Å². The Hall–Kier alpha value is -1.31. The number of sulfone groups is 1. The fourth-order valence-corrected chi connectivity index (χ4v) is 2.32. The lowest BCUT2D eigenvalue weighted by Crippen LogP contribution is -2.50. The average Bonchev–Trinajstić information content (AvgIpc) is 2.29. The number of carbonyl (C=O) groups is 2. The number of carbonyl (C=O) groups excluding carboxylic acids is 1. The summed E-state index contributed by atoms with van der Waals surface area (Å²) in [5.74, 6) is -1.51. The van der Waals surface area contributed by atoms with Crippen molar-refractivity contribution < 1.29 is 23.1 Å². The van der Waals surface area contributed by atoms with E-state index >= 15 is 0 Å². The highest BCUT2D eigenvalue weighted by molar-refractivity contribution is 7.90. The molecule has 0 spiro atoms. The maximum absolute atomic E-state index is 12.0. The lowest BCUT2D eigenvalue weighted by atomic mass is 10.2. The van der Waals surface area contributed by atoms with Crippen molar-refractivity contribution in [2.45, 2.75) is 45.7 Å². The number of aliphatic carboxylic acids is 1. The van der Waals surface area contributed by atoms with Crippen LogP contribution in [0.1, 0.15) is 33.6 Å². The summed E-state index contributed by atoms with van der Waals surface area (Å²) in [7, 11) is -3.26. The molecule has 0 aliphatic carbocycles. The van der Waals surface area contributed by atoms with E-state index < -0.39 is 27.9 Å². The van der Waals surface area contributed by atoms with Crippen LogP contribution in [0.2, 0.25) is 0 Å². The Bertz CT molecular complexity index is 433. The summed E-state index contributed by atoms with van der Waals surface area (Å²) < 4.78 is 22.1. The fourth-order valence-electron chi connectivity index (χ4n) is 1.66. The van der Waals surface area contributed by atoms with Crippen LogP contribution in [-0.2, 0) is 14.6 Å². The molecule has 0 aliphatic rings. The molecule has 0 aromatic carbocycles. The van der Waals surface area contributed by atoms with E-state index in [0.29, 0.717) is 6.54 Å². The monoisotopic (exact) mass is 308 g/mol. The van der Waals surface area contributed by atoms with Crippen molar-refractivity contribution in [3.63, 3.8) is 0 Å². The molecule has 0 radical (unpaired) electrons. The summed E-state index contributed by atoms with van der Waals surface area (Å²) in [6, 6.07) is -1.74. The lowest BCUT2D eigenvalue weighted by molar-refractivity contribution is -0.139. The van der Waals surface area contributed by atoms with Gasteiger partial charge in [-0.05, 0) is 26.7 Å². The maximum atomic E-state index is 12.0. The van der Waals surface area contributed by atoms with Crippen LogP contribution in [0.5, 0.6) is 0 Å². The van der Waals surface area contributed by atoms with Gasteiger partial charge in [0.05, 0.1) is 5.75 Å². The van der Waals surface area contributed by atoms with Crippen molar-refractivity contribution in [1.82, 2.24) is 10.2 Å². The van der Waals surface area contributed by atoms with Gasteiger partial charge in [0, 0.05) is 18.8 Å². The van der Waals surface area contributed by atoms with Gasteiger partial charge in [-0.3, -0.25) is 0 Å². The Morgan fingerprint density at radius 1 is 1.30 bits per heavy atom. The highest BCUT2D eigenvalue weighted by Crippen LogP contribution is 2.03. The number of urea groups is 1. The molecule has 2 N–H and O–H groups in total. The van der Waals surface area contributed by atoms with E-state index in [1.807, 2.05) is 20.8 Å². The maximum Gasteiger partial charge on any atom is 0.326 e. The topological polar surface area (TPSA) is 104 Å². The minimum absolute atomic E-state index is 0.0562. The van der Waals surface area contributed by atoms with Gasteiger partial charge >= 0.3 is 12.0 Å². The van der Waals surface area contributed by atoms with Crippen LogP contribution in [-0.4, -0.2) is 61.1 Å². The smallest absolute Gasteiger partial charge is 0.326 e. The van der Waals surface area contributed by atoms with E-state index in [-0.39, 0.29) is 18.2 Å². The predicted octanol–water partition coefficient (Wildman–Crippen LogP) is 0.704. The quantitative estimate of drug-likeness (QED) is 0.687. The largest absolute Gasteiger partial charge is 0.480 e. The molecular formula is C12H24N2O5S. The molecule has 0 aliphatic heterocycles. The van der Waals surface area contributed by atoms with Gasteiger partial charge in [-0.25, -0.2) is 18.0 Å². The van der Waals surface area contributed by atoms with Crippen molar-refractivity contribution in [2.24, 2.45) is 0 Å². The summed E-state index contributed by atoms with van der Waals surface area (Å²) in [6.07, 6.45) is 1.65. The predicted molar refractivity (Wildman–Crippen MR) is 76.4 cm³/mol. The molecule has 0 saturated carbocycles. The number of hydrogen-bond acceptors (Lipinski definition) is 4. The van der Waals surface area contributed by atoms with Crippen molar-refractivity contribution >= 4 is 21.8 Å². The zero-order valence-electron chi connectivity index (χ0n) is 12.4. The molecule has 1 unspecified atom stereocenters. The molecule has 0 fully saturated rings. The zero-order chi connectivity index (χ0) is 15.9. The average molecular weight is 308 g/mol. The first-order valence-corrected chi connectivity index (χ1v) is 8.62. The van der Waals surface area contributed by atoms with E-state index in [2.05, 4.69) is 5.32 Å². The van der Waals surface area contributed by atoms with Gasteiger partial charge in [-0.15, -0.1) is 0 Å². The molecular weight excluding hydrogens is 284 g/mol. The van der Waals surface area contributed by atoms with Gasteiger partial charge in [-0.2, -0.15) is 0 Å². The summed E-state index contributed by atoms with van der Waals surface area (Å²) in [6.45, 7) is 6.10. The SMILES string of the molecule is CCCN(C(=O)NC(CCS(C)(=O)=O)C(=O)O)C(C)C. The van der Waals surface area contributed by atoms with E-state index in [0.717, 1.165) is 12.7 Å². The lowest BCUT2D eigenvalue weighted by Gasteiger charge is -2.28. The summed E-state index contributed by atoms with van der Waals surface area (Å²) >= 11 is 0. The molecule has 0 aromatic heterocycles. The second-order valence-electron chi connectivity index (χ2n) is 5.05. The molecule has 2 amide bonds. The first kappa shape index (κ1) is 18.7. The Morgan fingerprint density at radius 3 is 2.20 bits per heavy atom. The van der Waals surface area contributed by atoms with E-state index in [9.17, 15) is 18.0 Å². The molecule has 118 valence electrons. The van der Waals surface area contributed by atoms with Gasteiger partial charge in [-0.1, -0.05) is 6.92 Å². The normalized spacial score (nSPS) is 13.1. The first-order chi connectivity index (χ1) is 9.08. The Kier molecular flexibility index (Phi) is 7.55. The summed E-state index contributed by atoms with van der Waals surface area (Å²) in [5.41, 5.74) is 0. The third kappa shape index (κ3) is 7.32. The van der Waals surface area contributed by atoms with Crippen molar-refractivity contribution in [1.29, 1.82) is 0 Å². The summed E-state index contributed by atoms with van der Waals surface area (Å²) in [4.78, 5) is 24.6. The number of amides is 2. The van der Waals surface area contributed by atoms with Crippen molar-refractivity contribution in [3.8, 4) is 0 Å². The molecule has 7 nitrogen and oxygen atoms in total. The van der Waals surface area contributed by atoms with Crippen LogP contribution < -0.4 is 5.32 Å². The Morgan fingerprint density at radius 2 is 1.85 bits per heavy atom. The molecule has 20 heavy (non-hydrogen) atoms. The second kappa shape index (κ2) is 8.08. The molecule has 8 heteroatoms. The number of nitrogens with one attached hydrogen (secondary N) is 1. The third-order valence-electron chi connectivity index (χ3n) is 2.72. The van der Waals surface area contributed by atoms with Crippen LogP contribution in [0.4, 0.5) is 4.79 Å². The van der Waals surface area contributed by atoms with Crippen LogP contribution in [0.15, 0.2) is 0 Å². The number of carboxylic acids is 1. The highest BCUT2D eigenvalue weighted by atomic mass is 32.2. The molecule has 0 rings (SSSR count).